The fourth-order valence-electron chi connectivity index (χ4n) is 1.81. The van der Waals surface area contributed by atoms with Crippen LogP contribution in [0.1, 0.15) is 38.3 Å². The summed E-state index contributed by atoms with van der Waals surface area (Å²) in [6.45, 7) is 0. The Balaban J connectivity index is 2.09. The average molecular weight is 274 g/mol. The molecule has 0 aliphatic carbocycles. The van der Waals surface area contributed by atoms with E-state index in [0.29, 0.717) is 22.3 Å². The van der Waals surface area contributed by atoms with Gasteiger partial charge in [0.2, 0.25) is 0 Å². The highest BCUT2D eigenvalue weighted by Gasteiger charge is 2.13. The van der Waals surface area contributed by atoms with E-state index in [-0.39, 0.29) is 18.0 Å². The van der Waals surface area contributed by atoms with E-state index in [4.69, 9.17) is 10.5 Å². The number of carbonyl (C=O) groups is 2. The fraction of sp³-hybridized carbons (Fsp3) is 0.0588. The minimum atomic E-state index is -0.297. The van der Waals surface area contributed by atoms with Gasteiger partial charge in [0.15, 0.2) is 11.6 Å². The number of hydrogen-bond donors (Lipinski definition) is 0. The maximum atomic E-state index is 12.0. The molecular weight excluding hydrogens is 264 g/mol. The Morgan fingerprint density at radius 2 is 1.05 bits per heavy atom. The van der Waals surface area contributed by atoms with Gasteiger partial charge in [0.25, 0.3) is 0 Å². The predicted octanol–water partition coefficient (Wildman–Crippen LogP) is 2.89. The van der Waals surface area contributed by atoms with E-state index in [2.05, 4.69) is 0 Å². The molecule has 0 aliphatic heterocycles. The van der Waals surface area contributed by atoms with Gasteiger partial charge in [-0.3, -0.25) is 9.59 Å². The maximum Gasteiger partial charge on any atom is 0.170 e. The lowest BCUT2D eigenvalue weighted by atomic mass is 10.0. The van der Waals surface area contributed by atoms with Crippen LogP contribution in [-0.2, 0) is 0 Å². The normalized spacial score (nSPS) is 9.43. The second kappa shape index (κ2) is 6.27. The third-order valence-electron chi connectivity index (χ3n) is 2.99. The topological polar surface area (TPSA) is 81.7 Å². The van der Waals surface area contributed by atoms with Crippen molar-refractivity contribution in [1.82, 2.24) is 0 Å². The van der Waals surface area contributed by atoms with Gasteiger partial charge in [-0.1, -0.05) is 24.3 Å². The largest absolute Gasteiger partial charge is 0.294 e. The molecule has 0 heterocycles. The van der Waals surface area contributed by atoms with Gasteiger partial charge in [0.05, 0.1) is 29.7 Å². The number of carbonyl (C=O) groups excluding carboxylic acids is 2. The first kappa shape index (κ1) is 14.2. The zero-order chi connectivity index (χ0) is 15.2. The number of benzene rings is 2. The molecule has 0 atom stereocenters. The summed E-state index contributed by atoms with van der Waals surface area (Å²) in [4.78, 5) is 24.0. The lowest BCUT2D eigenvalue weighted by Crippen LogP contribution is -2.08. The average Bonchev–Trinajstić information content (AvgIpc) is 2.55. The van der Waals surface area contributed by atoms with Crippen molar-refractivity contribution in [3.8, 4) is 12.1 Å². The molecule has 0 radical (unpaired) electrons. The van der Waals surface area contributed by atoms with E-state index >= 15 is 0 Å². The summed E-state index contributed by atoms with van der Waals surface area (Å²) in [5, 5.41) is 17.4. The molecule has 2 aromatic rings. The van der Waals surface area contributed by atoms with Gasteiger partial charge in [-0.15, -0.1) is 0 Å². The summed E-state index contributed by atoms with van der Waals surface area (Å²) in [5.74, 6) is -0.595. The van der Waals surface area contributed by atoms with Crippen LogP contribution in [0.2, 0.25) is 0 Å². The van der Waals surface area contributed by atoms with Gasteiger partial charge in [0.1, 0.15) is 0 Å². The molecule has 0 aromatic heterocycles. The summed E-state index contributed by atoms with van der Waals surface area (Å²) in [7, 11) is 0. The summed E-state index contributed by atoms with van der Waals surface area (Å²) in [6.07, 6.45) is -0.238. The van der Waals surface area contributed by atoms with Crippen molar-refractivity contribution in [2.45, 2.75) is 6.42 Å². The molecule has 100 valence electrons. The van der Waals surface area contributed by atoms with Crippen LogP contribution in [0.15, 0.2) is 48.5 Å². The molecule has 0 N–H and O–H groups in total. The molecule has 0 fully saturated rings. The van der Waals surface area contributed by atoms with E-state index in [9.17, 15) is 9.59 Å². The number of ketones is 2. The molecule has 0 saturated carbocycles. The Labute approximate surface area is 121 Å². The zero-order valence-corrected chi connectivity index (χ0v) is 11.0. The van der Waals surface area contributed by atoms with Gasteiger partial charge in [-0.2, -0.15) is 10.5 Å². The van der Waals surface area contributed by atoms with Crippen molar-refractivity contribution < 1.29 is 9.59 Å². The number of Topliss-reactive ketones (excluding diaryl/α,β-unsaturated/α-hetero) is 2. The Kier molecular flexibility index (Phi) is 4.23. The van der Waals surface area contributed by atoms with Crippen molar-refractivity contribution in [2.24, 2.45) is 0 Å². The van der Waals surface area contributed by atoms with Crippen LogP contribution >= 0.6 is 0 Å². The molecule has 0 aliphatic rings. The SMILES string of the molecule is N#Cc1ccc(C(=O)CC(=O)c2ccc(C#N)cc2)cc1. The number of rotatable bonds is 4. The highest BCUT2D eigenvalue weighted by atomic mass is 16.1. The molecule has 2 aromatic carbocycles. The molecule has 0 saturated heterocycles. The molecular formula is C17H10N2O2. The molecule has 21 heavy (non-hydrogen) atoms. The smallest absolute Gasteiger partial charge is 0.170 e. The number of nitrogens with zero attached hydrogens (tertiary/aromatic N) is 2. The fourth-order valence-corrected chi connectivity index (χ4v) is 1.81. The Bertz CT molecular complexity index is 693. The summed E-state index contributed by atoms with van der Waals surface area (Å²) >= 11 is 0. The molecule has 2 rings (SSSR count). The summed E-state index contributed by atoms with van der Waals surface area (Å²) in [6, 6.07) is 16.2. The molecule has 0 amide bonds. The predicted molar refractivity (Wildman–Crippen MR) is 75.6 cm³/mol. The van der Waals surface area contributed by atoms with Gasteiger partial charge in [0, 0.05) is 11.1 Å². The Hall–Kier alpha value is -3.24. The Morgan fingerprint density at radius 3 is 1.33 bits per heavy atom. The van der Waals surface area contributed by atoms with Crippen LogP contribution in [0, 0.1) is 22.7 Å². The minimum absolute atomic E-state index is 0.238. The first-order valence-corrected chi connectivity index (χ1v) is 6.21. The molecule has 4 heteroatoms. The first-order chi connectivity index (χ1) is 10.1. The summed E-state index contributed by atoms with van der Waals surface area (Å²) < 4.78 is 0. The van der Waals surface area contributed by atoms with Crippen molar-refractivity contribution in [3.05, 3.63) is 70.8 Å². The van der Waals surface area contributed by atoms with Crippen LogP contribution in [0.5, 0.6) is 0 Å². The lowest BCUT2D eigenvalue weighted by Gasteiger charge is -2.02. The maximum absolute atomic E-state index is 12.0. The number of hydrogen-bond acceptors (Lipinski definition) is 4. The van der Waals surface area contributed by atoms with Crippen LogP contribution in [0.25, 0.3) is 0 Å². The second-order valence-corrected chi connectivity index (χ2v) is 4.40. The standard InChI is InChI=1S/C17H10N2O2/c18-10-12-1-5-14(6-2-12)16(20)9-17(21)15-7-3-13(11-19)4-8-15/h1-8H,9H2. The minimum Gasteiger partial charge on any atom is -0.294 e. The van der Waals surface area contributed by atoms with Crippen LogP contribution < -0.4 is 0 Å². The van der Waals surface area contributed by atoms with E-state index < -0.39 is 0 Å². The van der Waals surface area contributed by atoms with Crippen molar-refractivity contribution in [1.29, 1.82) is 10.5 Å². The monoisotopic (exact) mass is 274 g/mol. The summed E-state index contributed by atoms with van der Waals surface area (Å²) in [5.41, 5.74) is 1.72. The van der Waals surface area contributed by atoms with E-state index in [1.54, 1.807) is 24.3 Å². The van der Waals surface area contributed by atoms with Gasteiger partial charge >= 0.3 is 0 Å². The van der Waals surface area contributed by atoms with Crippen molar-refractivity contribution in [3.63, 3.8) is 0 Å². The quantitative estimate of drug-likeness (QED) is 0.634. The van der Waals surface area contributed by atoms with Gasteiger partial charge in [-0.25, -0.2) is 0 Å². The zero-order valence-electron chi connectivity index (χ0n) is 11.0. The molecule has 0 bridgehead atoms. The van der Waals surface area contributed by atoms with Gasteiger partial charge in [-0.05, 0) is 24.3 Å². The molecule has 4 nitrogen and oxygen atoms in total. The first-order valence-electron chi connectivity index (χ1n) is 6.21. The van der Waals surface area contributed by atoms with E-state index in [0.717, 1.165) is 0 Å². The van der Waals surface area contributed by atoms with E-state index in [1.807, 2.05) is 12.1 Å². The van der Waals surface area contributed by atoms with Gasteiger partial charge < -0.3 is 0 Å². The van der Waals surface area contributed by atoms with Crippen molar-refractivity contribution >= 4 is 11.6 Å². The molecule has 0 spiro atoms. The van der Waals surface area contributed by atoms with Crippen LogP contribution in [0.3, 0.4) is 0 Å². The number of nitriles is 2. The highest BCUT2D eigenvalue weighted by Crippen LogP contribution is 2.11. The highest BCUT2D eigenvalue weighted by molar-refractivity contribution is 6.13. The van der Waals surface area contributed by atoms with E-state index in [1.165, 1.54) is 24.3 Å². The molecule has 0 unspecified atom stereocenters. The lowest BCUT2D eigenvalue weighted by molar-refractivity contribution is 0.0894. The van der Waals surface area contributed by atoms with Crippen LogP contribution in [-0.4, -0.2) is 11.6 Å². The third kappa shape index (κ3) is 3.40. The Morgan fingerprint density at radius 1 is 0.714 bits per heavy atom. The third-order valence-corrected chi connectivity index (χ3v) is 2.99. The van der Waals surface area contributed by atoms with Crippen molar-refractivity contribution in [2.75, 3.05) is 0 Å². The second-order valence-electron chi connectivity index (χ2n) is 4.40. The van der Waals surface area contributed by atoms with Crippen LogP contribution in [0.4, 0.5) is 0 Å².